The number of aromatic amines is 1. The van der Waals surface area contributed by atoms with E-state index in [1.54, 1.807) is 0 Å². The smallest absolute Gasteiger partial charge is 0.246 e. The van der Waals surface area contributed by atoms with Crippen molar-refractivity contribution < 1.29 is 4.52 Å². The Kier molecular flexibility index (Phi) is 2.24. The molecular weight excluding hydrogens is 196 g/mol. The molecule has 0 aliphatic heterocycles. The lowest BCUT2D eigenvalue weighted by Gasteiger charge is -2.16. The zero-order valence-electron chi connectivity index (χ0n) is 8.56. The Hall–Kier alpha value is -1.76. The van der Waals surface area contributed by atoms with Gasteiger partial charge in [0.1, 0.15) is 6.33 Å². The van der Waals surface area contributed by atoms with Crippen molar-refractivity contribution in [1.29, 1.82) is 0 Å². The third-order valence-electron chi connectivity index (χ3n) is 2.28. The van der Waals surface area contributed by atoms with E-state index >= 15 is 0 Å². The van der Waals surface area contributed by atoms with Crippen molar-refractivity contribution in [2.45, 2.75) is 25.8 Å². The first-order chi connectivity index (χ1) is 7.13. The summed E-state index contributed by atoms with van der Waals surface area (Å²) in [7, 11) is 0. The molecule has 3 N–H and O–H groups in total. The zero-order chi connectivity index (χ0) is 10.9. The fourth-order valence-electron chi connectivity index (χ4n) is 1.02. The normalized spacial score (nSPS) is 15.1. The van der Waals surface area contributed by atoms with Crippen LogP contribution in [-0.4, -0.2) is 25.3 Å². The van der Waals surface area contributed by atoms with Gasteiger partial charge in [-0.05, 0) is 13.3 Å². The lowest BCUT2D eigenvalue weighted by Crippen LogP contribution is -2.32. The van der Waals surface area contributed by atoms with Crippen LogP contribution in [0.2, 0.25) is 0 Å². The molecule has 0 saturated carbocycles. The molecule has 0 aliphatic carbocycles. The summed E-state index contributed by atoms with van der Waals surface area (Å²) in [5.41, 5.74) is 5.36. The van der Waals surface area contributed by atoms with Gasteiger partial charge >= 0.3 is 0 Å². The molecule has 2 aromatic heterocycles. The zero-order valence-corrected chi connectivity index (χ0v) is 8.56. The average Bonchev–Trinajstić information content (AvgIpc) is 2.88. The summed E-state index contributed by atoms with van der Waals surface area (Å²) in [5.74, 6) is 1.24. The molecule has 0 bridgehead atoms. The Morgan fingerprint density at radius 2 is 2.40 bits per heavy atom. The highest BCUT2D eigenvalue weighted by molar-refractivity contribution is 5.39. The molecule has 1 atom stereocenters. The number of hydrogen-bond donors (Lipinski definition) is 2. The third kappa shape index (κ3) is 1.73. The van der Waals surface area contributed by atoms with Crippen LogP contribution in [0.1, 0.15) is 26.2 Å². The van der Waals surface area contributed by atoms with Crippen molar-refractivity contribution in [2.24, 2.45) is 5.73 Å². The monoisotopic (exact) mass is 208 g/mol. The van der Waals surface area contributed by atoms with Crippen LogP contribution in [-0.2, 0) is 5.54 Å². The molecular formula is C8H12N6O. The second-order valence-electron chi connectivity index (χ2n) is 3.53. The first-order valence-corrected chi connectivity index (χ1v) is 4.62. The SMILES string of the molecule is CCC(C)(N)c1nc(-c2ncn[nH]2)no1. The number of aromatic nitrogens is 5. The van der Waals surface area contributed by atoms with Gasteiger partial charge in [0.25, 0.3) is 0 Å². The summed E-state index contributed by atoms with van der Waals surface area (Å²) >= 11 is 0. The fourth-order valence-corrected chi connectivity index (χ4v) is 1.02. The van der Waals surface area contributed by atoms with E-state index in [-0.39, 0.29) is 0 Å². The first-order valence-electron chi connectivity index (χ1n) is 4.62. The van der Waals surface area contributed by atoms with Crippen LogP contribution in [0.4, 0.5) is 0 Å². The van der Waals surface area contributed by atoms with Gasteiger partial charge in [0, 0.05) is 0 Å². The molecule has 2 aromatic rings. The second kappa shape index (κ2) is 3.43. The number of rotatable bonds is 3. The van der Waals surface area contributed by atoms with Gasteiger partial charge in [-0.2, -0.15) is 10.1 Å². The molecule has 0 spiro atoms. The van der Waals surface area contributed by atoms with Crippen molar-refractivity contribution >= 4 is 0 Å². The minimum Gasteiger partial charge on any atom is -0.337 e. The molecule has 0 amide bonds. The van der Waals surface area contributed by atoms with E-state index in [0.29, 0.717) is 24.0 Å². The predicted octanol–water partition coefficient (Wildman–Crippen LogP) is 0.439. The van der Waals surface area contributed by atoms with Crippen LogP contribution in [0.5, 0.6) is 0 Å². The highest BCUT2D eigenvalue weighted by Crippen LogP contribution is 2.21. The van der Waals surface area contributed by atoms with Gasteiger partial charge in [0.05, 0.1) is 5.54 Å². The molecule has 0 aliphatic rings. The number of nitrogens with two attached hydrogens (primary N) is 1. The molecule has 80 valence electrons. The van der Waals surface area contributed by atoms with Crippen LogP contribution in [0.15, 0.2) is 10.9 Å². The van der Waals surface area contributed by atoms with Crippen molar-refractivity contribution in [3.63, 3.8) is 0 Å². The lowest BCUT2D eigenvalue weighted by atomic mass is 10.0. The minimum atomic E-state index is -0.606. The van der Waals surface area contributed by atoms with E-state index < -0.39 is 5.54 Å². The number of hydrogen-bond acceptors (Lipinski definition) is 6. The quantitative estimate of drug-likeness (QED) is 0.757. The molecule has 0 radical (unpaired) electrons. The van der Waals surface area contributed by atoms with Gasteiger partial charge in [-0.1, -0.05) is 12.1 Å². The van der Waals surface area contributed by atoms with Gasteiger partial charge in [0.2, 0.25) is 11.7 Å². The Labute approximate surface area is 86.1 Å². The minimum absolute atomic E-state index is 0.368. The molecule has 2 heterocycles. The Balaban J connectivity index is 2.33. The summed E-state index contributed by atoms with van der Waals surface area (Å²) in [6.45, 7) is 3.79. The molecule has 15 heavy (non-hydrogen) atoms. The largest absolute Gasteiger partial charge is 0.337 e. The standard InChI is InChI=1S/C8H12N6O/c1-3-8(2,9)7-12-6(14-15-7)5-10-4-11-13-5/h4H,3,9H2,1-2H3,(H,10,11,13). The number of H-pyrrole nitrogens is 1. The number of nitrogens with one attached hydrogen (secondary N) is 1. The highest BCUT2D eigenvalue weighted by Gasteiger charge is 2.26. The molecule has 7 nitrogen and oxygen atoms in total. The van der Waals surface area contributed by atoms with Crippen molar-refractivity contribution in [3.8, 4) is 11.6 Å². The maximum atomic E-state index is 5.96. The van der Waals surface area contributed by atoms with Gasteiger partial charge < -0.3 is 10.3 Å². The van der Waals surface area contributed by atoms with E-state index in [0.717, 1.165) is 0 Å². The fraction of sp³-hybridized carbons (Fsp3) is 0.500. The second-order valence-corrected chi connectivity index (χ2v) is 3.53. The van der Waals surface area contributed by atoms with Gasteiger partial charge in [-0.25, -0.2) is 4.98 Å². The van der Waals surface area contributed by atoms with E-state index in [1.165, 1.54) is 6.33 Å². The van der Waals surface area contributed by atoms with E-state index in [2.05, 4.69) is 25.3 Å². The maximum absolute atomic E-state index is 5.96. The van der Waals surface area contributed by atoms with Crippen molar-refractivity contribution in [3.05, 3.63) is 12.2 Å². The van der Waals surface area contributed by atoms with E-state index in [1.807, 2.05) is 13.8 Å². The van der Waals surface area contributed by atoms with Gasteiger partial charge in [-0.15, -0.1) is 0 Å². The van der Waals surface area contributed by atoms with Crippen LogP contribution < -0.4 is 5.73 Å². The molecule has 0 fully saturated rings. The lowest BCUT2D eigenvalue weighted by molar-refractivity contribution is 0.291. The molecule has 1 unspecified atom stereocenters. The summed E-state index contributed by atoms with van der Waals surface area (Å²) in [5, 5.41) is 10.1. The van der Waals surface area contributed by atoms with Crippen LogP contribution in [0.25, 0.3) is 11.6 Å². The maximum Gasteiger partial charge on any atom is 0.246 e. The molecule has 0 aromatic carbocycles. The summed E-state index contributed by atoms with van der Waals surface area (Å²) < 4.78 is 5.07. The van der Waals surface area contributed by atoms with Gasteiger partial charge in [-0.3, -0.25) is 5.10 Å². The van der Waals surface area contributed by atoms with Gasteiger partial charge in [0.15, 0.2) is 5.82 Å². The van der Waals surface area contributed by atoms with Crippen molar-refractivity contribution in [2.75, 3.05) is 0 Å². The van der Waals surface area contributed by atoms with Crippen LogP contribution >= 0.6 is 0 Å². The summed E-state index contributed by atoms with van der Waals surface area (Å²) in [6.07, 6.45) is 2.10. The highest BCUT2D eigenvalue weighted by atomic mass is 16.5. The Bertz CT molecular complexity index is 432. The third-order valence-corrected chi connectivity index (χ3v) is 2.28. The molecule has 7 heteroatoms. The summed E-state index contributed by atoms with van der Waals surface area (Å²) in [4.78, 5) is 8.07. The van der Waals surface area contributed by atoms with E-state index in [9.17, 15) is 0 Å². The predicted molar refractivity (Wildman–Crippen MR) is 51.5 cm³/mol. The first kappa shape index (κ1) is 9.78. The van der Waals surface area contributed by atoms with Crippen LogP contribution in [0, 0.1) is 0 Å². The van der Waals surface area contributed by atoms with E-state index in [4.69, 9.17) is 10.3 Å². The average molecular weight is 208 g/mol. The Morgan fingerprint density at radius 1 is 1.60 bits per heavy atom. The Morgan fingerprint density at radius 3 is 3.00 bits per heavy atom. The number of nitrogens with zero attached hydrogens (tertiary/aromatic N) is 4. The summed E-state index contributed by atoms with van der Waals surface area (Å²) in [6, 6.07) is 0. The topological polar surface area (TPSA) is 107 Å². The van der Waals surface area contributed by atoms with Crippen LogP contribution in [0.3, 0.4) is 0 Å². The molecule has 2 rings (SSSR count). The van der Waals surface area contributed by atoms with Crippen molar-refractivity contribution in [1.82, 2.24) is 25.3 Å². The molecule has 0 saturated heterocycles.